The van der Waals surface area contributed by atoms with Crippen LogP contribution >= 0.6 is 34.8 Å². The molecule has 0 aliphatic carbocycles. The van der Waals surface area contributed by atoms with Crippen LogP contribution in [0.2, 0.25) is 0 Å². The summed E-state index contributed by atoms with van der Waals surface area (Å²) < 4.78 is 0. The van der Waals surface area contributed by atoms with Crippen molar-refractivity contribution < 1.29 is 10.2 Å². The first kappa shape index (κ1) is 8.79. The Labute approximate surface area is 62.0 Å². The minimum atomic E-state index is -1.39. The molecule has 0 saturated carbocycles. The fraction of sp³-hybridized carbons (Fsp3) is 1.00. The number of rotatable bonds is 2. The van der Waals surface area contributed by atoms with E-state index in [1.165, 1.54) is 0 Å². The SMILES string of the molecule is OC(Cl)C(O)C(Cl)Cl. The third-order valence-electron chi connectivity index (χ3n) is 0.540. The lowest BCUT2D eigenvalue weighted by molar-refractivity contribution is 0.0786. The number of alkyl halides is 3. The van der Waals surface area contributed by atoms with Gasteiger partial charge in [-0.25, -0.2) is 0 Å². The summed E-state index contributed by atoms with van der Waals surface area (Å²) in [5, 5.41) is 16.9. The highest BCUT2D eigenvalue weighted by molar-refractivity contribution is 6.45. The van der Waals surface area contributed by atoms with E-state index >= 15 is 0 Å². The van der Waals surface area contributed by atoms with E-state index in [0.29, 0.717) is 0 Å². The number of hydrogen-bond donors (Lipinski definition) is 2. The van der Waals surface area contributed by atoms with Gasteiger partial charge in [0.1, 0.15) is 10.9 Å². The zero-order valence-electron chi connectivity index (χ0n) is 3.76. The van der Waals surface area contributed by atoms with Crippen LogP contribution < -0.4 is 0 Å². The van der Waals surface area contributed by atoms with E-state index in [2.05, 4.69) is 0 Å². The number of hydrogen-bond acceptors (Lipinski definition) is 2. The molecular weight excluding hydrogens is 174 g/mol. The summed E-state index contributed by atoms with van der Waals surface area (Å²) in [6, 6.07) is 0. The second-order valence-electron chi connectivity index (χ2n) is 1.20. The lowest BCUT2D eigenvalue weighted by Gasteiger charge is -2.10. The van der Waals surface area contributed by atoms with Crippen molar-refractivity contribution in [3.8, 4) is 0 Å². The maximum atomic E-state index is 8.56. The van der Waals surface area contributed by atoms with Crippen LogP contribution in [0.1, 0.15) is 0 Å². The van der Waals surface area contributed by atoms with Crippen molar-refractivity contribution in [1.29, 1.82) is 0 Å². The van der Waals surface area contributed by atoms with Crippen LogP contribution in [0.3, 0.4) is 0 Å². The zero-order valence-corrected chi connectivity index (χ0v) is 6.03. The van der Waals surface area contributed by atoms with E-state index in [1.54, 1.807) is 0 Å². The Morgan fingerprint density at radius 2 is 1.38 bits per heavy atom. The Balaban J connectivity index is 3.46. The van der Waals surface area contributed by atoms with Gasteiger partial charge in [0.2, 0.25) is 0 Å². The summed E-state index contributed by atoms with van der Waals surface area (Å²) >= 11 is 15.1. The predicted octanol–water partition coefficient (Wildman–Crippen LogP) is 0.708. The van der Waals surface area contributed by atoms with E-state index in [0.717, 1.165) is 0 Å². The summed E-state index contributed by atoms with van der Waals surface area (Å²) in [5.41, 5.74) is -1.39. The molecule has 0 radical (unpaired) electrons. The molecule has 0 bridgehead atoms. The van der Waals surface area contributed by atoms with Crippen LogP contribution in [0, 0.1) is 0 Å². The van der Waals surface area contributed by atoms with Crippen LogP contribution in [-0.4, -0.2) is 26.7 Å². The Kier molecular flexibility index (Phi) is 4.12. The normalized spacial score (nSPS) is 18.8. The molecule has 0 rings (SSSR count). The van der Waals surface area contributed by atoms with Crippen molar-refractivity contribution >= 4 is 34.8 Å². The molecule has 2 N–H and O–H groups in total. The minimum Gasteiger partial charge on any atom is -0.386 e. The maximum absolute atomic E-state index is 8.56. The van der Waals surface area contributed by atoms with Gasteiger partial charge in [0, 0.05) is 0 Å². The Bertz CT molecular complexity index is 57.5. The van der Waals surface area contributed by atoms with Gasteiger partial charge in [-0.05, 0) is 0 Å². The van der Waals surface area contributed by atoms with E-state index in [1.807, 2.05) is 0 Å². The molecule has 0 aliphatic rings. The predicted molar refractivity (Wildman–Crippen MR) is 33.4 cm³/mol. The van der Waals surface area contributed by atoms with Crippen molar-refractivity contribution in [3.63, 3.8) is 0 Å². The highest BCUT2D eigenvalue weighted by atomic mass is 35.5. The zero-order chi connectivity index (χ0) is 6.73. The van der Waals surface area contributed by atoms with Gasteiger partial charge in [-0.3, -0.25) is 0 Å². The Hall–Kier alpha value is 0.790. The molecule has 0 saturated heterocycles. The van der Waals surface area contributed by atoms with Gasteiger partial charge < -0.3 is 10.2 Å². The molecule has 0 heterocycles. The molecule has 2 atom stereocenters. The van der Waals surface area contributed by atoms with Crippen LogP contribution in [-0.2, 0) is 0 Å². The fourth-order valence-electron chi connectivity index (χ4n) is 0.120. The molecule has 50 valence electrons. The van der Waals surface area contributed by atoms with Gasteiger partial charge in [0.05, 0.1) is 0 Å². The summed E-state index contributed by atoms with van der Waals surface area (Å²) in [6.07, 6.45) is -1.28. The van der Waals surface area contributed by atoms with Crippen molar-refractivity contribution in [2.24, 2.45) is 0 Å². The van der Waals surface area contributed by atoms with Crippen molar-refractivity contribution in [2.45, 2.75) is 16.5 Å². The maximum Gasteiger partial charge on any atom is 0.156 e. The molecule has 0 aliphatic heterocycles. The topological polar surface area (TPSA) is 40.5 Å². The van der Waals surface area contributed by atoms with Gasteiger partial charge in [-0.15, -0.1) is 23.2 Å². The summed E-state index contributed by atoms with van der Waals surface area (Å²) in [4.78, 5) is -1.04. The number of aliphatic hydroxyl groups is 2. The average Bonchev–Trinajstić information content (AvgIpc) is 1.64. The lowest BCUT2D eigenvalue weighted by atomic mass is 10.4. The molecule has 8 heavy (non-hydrogen) atoms. The summed E-state index contributed by atoms with van der Waals surface area (Å²) in [7, 11) is 0. The van der Waals surface area contributed by atoms with Crippen LogP contribution in [0.4, 0.5) is 0 Å². The first-order valence-corrected chi connectivity index (χ1v) is 3.15. The fourth-order valence-corrected chi connectivity index (χ4v) is 0.690. The molecule has 2 unspecified atom stereocenters. The molecule has 5 heteroatoms. The summed E-state index contributed by atoms with van der Waals surface area (Å²) in [6.45, 7) is 0. The summed E-state index contributed by atoms with van der Waals surface area (Å²) in [5.74, 6) is 0. The van der Waals surface area contributed by atoms with Crippen LogP contribution in [0.25, 0.3) is 0 Å². The van der Waals surface area contributed by atoms with Gasteiger partial charge in [-0.1, -0.05) is 11.6 Å². The second-order valence-corrected chi connectivity index (χ2v) is 2.81. The molecule has 0 spiro atoms. The lowest BCUT2D eigenvalue weighted by Crippen LogP contribution is -2.26. The van der Waals surface area contributed by atoms with E-state index in [-0.39, 0.29) is 0 Å². The Morgan fingerprint density at radius 3 is 1.38 bits per heavy atom. The van der Waals surface area contributed by atoms with Crippen molar-refractivity contribution in [3.05, 3.63) is 0 Å². The smallest absolute Gasteiger partial charge is 0.156 e. The molecule has 0 fully saturated rings. The molecule has 2 nitrogen and oxygen atoms in total. The molecule has 0 amide bonds. The number of halogens is 3. The van der Waals surface area contributed by atoms with E-state index < -0.39 is 16.5 Å². The van der Waals surface area contributed by atoms with Crippen molar-refractivity contribution in [2.75, 3.05) is 0 Å². The van der Waals surface area contributed by atoms with Gasteiger partial charge in [0.25, 0.3) is 0 Å². The molecule has 0 aromatic rings. The highest BCUT2D eigenvalue weighted by Crippen LogP contribution is 2.12. The van der Waals surface area contributed by atoms with Gasteiger partial charge in [0.15, 0.2) is 5.56 Å². The third-order valence-corrected chi connectivity index (χ3v) is 1.31. The highest BCUT2D eigenvalue weighted by Gasteiger charge is 2.19. The van der Waals surface area contributed by atoms with E-state index in [9.17, 15) is 0 Å². The standard InChI is InChI=1S/C3H5Cl3O2/c4-2(5)1(7)3(6)8/h1-3,7-8H. The first-order chi connectivity index (χ1) is 3.55. The van der Waals surface area contributed by atoms with Crippen LogP contribution in [0.15, 0.2) is 0 Å². The van der Waals surface area contributed by atoms with Crippen molar-refractivity contribution in [1.82, 2.24) is 0 Å². The monoisotopic (exact) mass is 178 g/mol. The number of aliphatic hydroxyl groups excluding tert-OH is 2. The molecular formula is C3H5Cl3O2. The first-order valence-electron chi connectivity index (χ1n) is 1.84. The molecule has 0 aromatic carbocycles. The van der Waals surface area contributed by atoms with Gasteiger partial charge >= 0.3 is 0 Å². The van der Waals surface area contributed by atoms with Gasteiger partial charge in [-0.2, -0.15) is 0 Å². The minimum absolute atomic E-state index is 1.04. The molecule has 0 aromatic heterocycles. The average molecular weight is 179 g/mol. The Morgan fingerprint density at radius 1 is 1.00 bits per heavy atom. The van der Waals surface area contributed by atoms with E-state index in [4.69, 9.17) is 45.0 Å². The largest absolute Gasteiger partial charge is 0.386 e. The second kappa shape index (κ2) is 3.75. The van der Waals surface area contributed by atoms with Crippen LogP contribution in [0.5, 0.6) is 0 Å². The quantitative estimate of drug-likeness (QED) is 0.613. The third kappa shape index (κ3) is 2.95.